The van der Waals surface area contributed by atoms with Crippen LogP contribution in [0.3, 0.4) is 0 Å². The first-order valence-electron chi connectivity index (χ1n) is 7.97. The fourth-order valence-corrected chi connectivity index (χ4v) is 2.63. The molecule has 2 aromatic carbocycles. The first kappa shape index (κ1) is 17.7. The maximum absolute atomic E-state index is 11.1. The maximum atomic E-state index is 11.1. The number of non-ortho nitro benzene ring substituents is 1. The number of para-hydroxylation sites is 2. The number of imidazole rings is 1. The SMILES string of the molecule is C#CCOc1ccc([N+](=O)[O-])cc1/C=C(/C#N)Cn1cnc2ccccc21. The molecule has 0 radical (unpaired) electrons. The number of aromatic nitrogens is 2. The van der Waals surface area contributed by atoms with Crippen LogP contribution in [0.2, 0.25) is 0 Å². The molecule has 0 aliphatic carbocycles. The highest BCUT2D eigenvalue weighted by Gasteiger charge is 2.12. The molecule has 0 unspecified atom stereocenters. The number of ether oxygens (including phenoxy) is 1. The van der Waals surface area contributed by atoms with Crippen LogP contribution in [-0.4, -0.2) is 21.1 Å². The number of nitrogens with zero attached hydrogens (tertiary/aromatic N) is 4. The predicted octanol–water partition coefficient (Wildman–Crippen LogP) is 3.56. The molecule has 1 aromatic heterocycles. The molecule has 0 spiro atoms. The second kappa shape index (κ2) is 7.85. The van der Waals surface area contributed by atoms with Crippen molar-refractivity contribution in [3.8, 4) is 24.2 Å². The lowest BCUT2D eigenvalue weighted by Gasteiger charge is -2.08. The highest BCUT2D eigenvalue weighted by molar-refractivity contribution is 5.75. The molecule has 0 saturated carbocycles. The fourth-order valence-electron chi connectivity index (χ4n) is 2.63. The highest BCUT2D eigenvalue weighted by Crippen LogP contribution is 2.27. The van der Waals surface area contributed by atoms with Crippen molar-refractivity contribution in [3.05, 3.63) is 70.0 Å². The van der Waals surface area contributed by atoms with Gasteiger partial charge < -0.3 is 9.30 Å². The molecule has 0 atom stereocenters. The number of allylic oxidation sites excluding steroid dienone is 1. The van der Waals surface area contributed by atoms with Crippen LogP contribution in [0.5, 0.6) is 5.75 Å². The summed E-state index contributed by atoms with van der Waals surface area (Å²) in [5, 5.41) is 20.6. The van der Waals surface area contributed by atoms with Crippen molar-refractivity contribution >= 4 is 22.8 Å². The number of nitro groups is 1. The zero-order chi connectivity index (χ0) is 19.2. The van der Waals surface area contributed by atoms with Gasteiger partial charge in [0.25, 0.3) is 5.69 Å². The molecular formula is C20H14N4O3. The summed E-state index contributed by atoms with van der Waals surface area (Å²) in [6.07, 6.45) is 8.43. The van der Waals surface area contributed by atoms with Gasteiger partial charge in [-0.05, 0) is 24.3 Å². The molecular weight excluding hydrogens is 344 g/mol. The number of hydrogen-bond acceptors (Lipinski definition) is 5. The van der Waals surface area contributed by atoms with E-state index in [2.05, 4.69) is 17.0 Å². The van der Waals surface area contributed by atoms with Crippen LogP contribution < -0.4 is 4.74 Å². The molecule has 7 nitrogen and oxygen atoms in total. The Morgan fingerprint density at radius 2 is 2.19 bits per heavy atom. The average molecular weight is 358 g/mol. The third-order valence-electron chi connectivity index (χ3n) is 3.86. The molecule has 0 aliphatic heterocycles. The van der Waals surface area contributed by atoms with Crippen LogP contribution in [0.1, 0.15) is 5.56 Å². The lowest BCUT2D eigenvalue weighted by molar-refractivity contribution is -0.384. The third kappa shape index (κ3) is 3.94. The minimum Gasteiger partial charge on any atom is -0.480 e. The summed E-state index contributed by atoms with van der Waals surface area (Å²) >= 11 is 0. The number of rotatable bonds is 6. The molecule has 3 aromatic rings. The van der Waals surface area contributed by atoms with Gasteiger partial charge in [0, 0.05) is 17.7 Å². The smallest absolute Gasteiger partial charge is 0.270 e. The van der Waals surface area contributed by atoms with E-state index >= 15 is 0 Å². The number of nitro benzene ring substituents is 1. The van der Waals surface area contributed by atoms with E-state index in [0.29, 0.717) is 16.9 Å². The minimum atomic E-state index is -0.502. The van der Waals surface area contributed by atoms with E-state index in [1.165, 1.54) is 18.2 Å². The second-order valence-electron chi connectivity index (χ2n) is 5.61. The molecule has 0 aliphatic rings. The van der Waals surface area contributed by atoms with E-state index < -0.39 is 4.92 Å². The minimum absolute atomic E-state index is 0.0205. The van der Waals surface area contributed by atoms with E-state index in [-0.39, 0.29) is 18.8 Å². The summed E-state index contributed by atoms with van der Waals surface area (Å²) in [5.41, 5.74) is 2.42. The van der Waals surface area contributed by atoms with Crippen LogP contribution in [0.4, 0.5) is 5.69 Å². The average Bonchev–Trinajstić information content (AvgIpc) is 3.09. The number of nitriles is 1. The lowest BCUT2D eigenvalue weighted by atomic mass is 10.1. The summed E-state index contributed by atoms with van der Waals surface area (Å²) in [7, 11) is 0. The van der Waals surface area contributed by atoms with Crippen LogP contribution in [0.15, 0.2) is 54.4 Å². The maximum Gasteiger partial charge on any atom is 0.270 e. The first-order chi connectivity index (χ1) is 13.1. The Kier molecular flexibility index (Phi) is 5.15. The monoisotopic (exact) mass is 358 g/mol. The number of hydrogen-bond donors (Lipinski definition) is 0. The van der Waals surface area contributed by atoms with Gasteiger partial charge in [-0.1, -0.05) is 18.1 Å². The predicted molar refractivity (Wildman–Crippen MR) is 101 cm³/mol. The standard InChI is InChI=1S/C20H14N4O3/c1-2-9-27-20-8-7-17(24(25)26)11-16(20)10-15(12-21)13-23-14-22-18-5-3-4-6-19(18)23/h1,3-8,10-11,14H,9,13H2/b15-10-. The molecule has 0 amide bonds. The molecule has 0 fully saturated rings. The van der Waals surface area contributed by atoms with Gasteiger partial charge in [-0.15, -0.1) is 6.42 Å². The molecule has 0 saturated heterocycles. The van der Waals surface area contributed by atoms with Crippen molar-refractivity contribution in [1.29, 1.82) is 5.26 Å². The van der Waals surface area contributed by atoms with Gasteiger partial charge in [0.1, 0.15) is 12.4 Å². The van der Waals surface area contributed by atoms with Crippen molar-refractivity contribution < 1.29 is 9.66 Å². The van der Waals surface area contributed by atoms with Crippen molar-refractivity contribution in [3.63, 3.8) is 0 Å². The van der Waals surface area contributed by atoms with Crippen molar-refractivity contribution in [2.45, 2.75) is 6.54 Å². The van der Waals surface area contributed by atoms with E-state index in [0.717, 1.165) is 11.0 Å². The third-order valence-corrected chi connectivity index (χ3v) is 3.86. The van der Waals surface area contributed by atoms with Gasteiger partial charge in [-0.2, -0.15) is 5.26 Å². The Hall–Kier alpha value is -4.10. The highest BCUT2D eigenvalue weighted by atomic mass is 16.6. The summed E-state index contributed by atoms with van der Waals surface area (Å²) in [5.74, 6) is 2.73. The largest absolute Gasteiger partial charge is 0.480 e. The molecule has 0 bridgehead atoms. The topological polar surface area (TPSA) is 94.0 Å². The molecule has 1 heterocycles. The normalized spacial score (nSPS) is 11.0. The molecule has 3 rings (SSSR count). The molecule has 0 N–H and O–H groups in total. The quantitative estimate of drug-likeness (QED) is 0.291. The number of fused-ring (bicyclic) bond motifs is 1. The van der Waals surface area contributed by atoms with Gasteiger partial charge in [0.05, 0.1) is 40.5 Å². The van der Waals surface area contributed by atoms with E-state index in [1.54, 1.807) is 12.4 Å². The van der Waals surface area contributed by atoms with Crippen LogP contribution in [0.25, 0.3) is 17.1 Å². The lowest BCUT2D eigenvalue weighted by Crippen LogP contribution is -2.00. The van der Waals surface area contributed by atoms with Gasteiger partial charge in [0.2, 0.25) is 0 Å². The Morgan fingerprint density at radius 3 is 2.93 bits per heavy atom. The van der Waals surface area contributed by atoms with E-state index in [4.69, 9.17) is 11.2 Å². The zero-order valence-corrected chi connectivity index (χ0v) is 14.2. The van der Waals surface area contributed by atoms with E-state index in [9.17, 15) is 15.4 Å². The number of terminal acetylenes is 1. The molecule has 7 heteroatoms. The Labute approximate surface area is 155 Å². The van der Waals surface area contributed by atoms with Crippen molar-refractivity contribution in [2.24, 2.45) is 0 Å². The number of benzene rings is 2. The summed E-state index contributed by atoms with van der Waals surface area (Å²) < 4.78 is 7.28. The second-order valence-corrected chi connectivity index (χ2v) is 5.61. The summed E-state index contributed by atoms with van der Waals surface area (Å²) in [4.78, 5) is 14.9. The van der Waals surface area contributed by atoms with Crippen molar-refractivity contribution in [1.82, 2.24) is 9.55 Å². The molecule has 27 heavy (non-hydrogen) atoms. The Bertz CT molecular complexity index is 1120. The summed E-state index contributed by atoms with van der Waals surface area (Å²) in [6.45, 7) is 0.293. The zero-order valence-electron chi connectivity index (χ0n) is 14.2. The van der Waals surface area contributed by atoms with Crippen LogP contribution in [-0.2, 0) is 6.54 Å². The first-order valence-corrected chi connectivity index (χ1v) is 7.97. The van der Waals surface area contributed by atoms with E-state index in [1.807, 2.05) is 28.8 Å². The van der Waals surface area contributed by atoms with Gasteiger partial charge in [0.15, 0.2) is 0 Å². The van der Waals surface area contributed by atoms with Gasteiger partial charge in [-0.25, -0.2) is 4.98 Å². The summed E-state index contributed by atoms with van der Waals surface area (Å²) in [6, 6.07) is 13.9. The van der Waals surface area contributed by atoms with Crippen LogP contribution >= 0.6 is 0 Å². The Balaban J connectivity index is 1.99. The Morgan fingerprint density at radius 1 is 1.37 bits per heavy atom. The van der Waals surface area contributed by atoms with Gasteiger partial charge >= 0.3 is 0 Å². The van der Waals surface area contributed by atoms with Gasteiger partial charge in [-0.3, -0.25) is 10.1 Å². The van der Waals surface area contributed by atoms with Crippen molar-refractivity contribution in [2.75, 3.05) is 6.61 Å². The van der Waals surface area contributed by atoms with Crippen LogP contribution in [0, 0.1) is 33.8 Å². The fraction of sp³-hybridized carbons (Fsp3) is 0.100. The molecule has 132 valence electrons.